The van der Waals surface area contributed by atoms with Crippen molar-refractivity contribution < 1.29 is 9.13 Å². The number of ether oxygens (including phenoxy) is 1. The van der Waals surface area contributed by atoms with Crippen LogP contribution >= 0.6 is 0 Å². The molecule has 0 spiro atoms. The lowest BCUT2D eigenvalue weighted by Crippen LogP contribution is -2.31. The Morgan fingerprint density at radius 3 is 2.73 bits per heavy atom. The summed E-state index contributed by atoms with van der Waals surface area (Å²) in [6.07, 6.45) is 8.13. The van der Waals surface area contributed by atoms with Gasteiger partial charge in [0.25, 0.3) is 0 Å². The van der Waals surface area contributed by atoms with E-state index in [1.165, 1.54) is 0 Å². The van der Waals surface area contributed by atoms with Crippen LogP contribution in [0.4, 0.5) is 15.8 Å². The highest BCUT2D eigenvalue weighted by molar-refractivity contribution is 5.86. The van der Waals surface area contributed by atoms with Crippen LogP contribution in [0, 0.1) is 0 Å². The number of nitrogens with zero attached hydrogens (tertiary/aromatic N) is 4. The van der Waals surface area contributed by atoms with E-state index in [0.29, 0.717) is 18.7 Å². The molecule has 1 fully saturated rings. The van der Waals surface area contributed by atoms with Gasteiger partial charge in [-0.25, -0.2) is 14.4 Å². The Balaban J connectivity index is 1.60. The first-order valence-corrected chi connectivity index (χ1v) is 12.7. The van der Waals surface area contributed by atoms with Crippen LogP contribution in [0.15, 0.2) is 77.7 Å². The van der Waals surface area contributed by atoms with Crippen molar-refractivity contribution in [1.29, 1.82) is 0 Å². The number of pyridine rings is 1. The molecule has 0 amide bonds. The van der Waals surface area contributed by atoms with E-state index in [0.717, 1.165) is 70.8 Å². The highest BCUT2D eigenvalue weighted by Crippen LogP contribution is 2.34. The molecule has 8 heteroatoms. The molecule has 6 rings (SSSR count). The Morgan fingerprint density at radius 2 is 1.92 bits per heavy atom. The summed E-state index contributed by atoms with van der Waals surface area (Å²) >= 11 is 0. The highest BCUT2D eigenvalue weighted by atomic mass is 19.1. The summed E-state index contributed by atoms with van der Waals surface area (Å²) in [5, 5.41) is 7.78. The van der Waals surface area contributed by atoms with E-state index >= 15 is 0 Å². The topological polar surface area (TPSA) is 76.4 Å². The van der Waals surface area contributed by atoms with Gasteiger partial charge in [-0.2, -0.15) is 0 Å². The van der Waals surface area contributed by atoms with Crippen molar-refractivity contribution in [3.05, 3.63) is 78.1 Å². The Bertz CT molecular complexity index is 1550. The number of piperidine rings is 1. The van der Waals surface area contributed by atoms with Gasteiger partial charge in [-0.1, -0.05) is 12.1 Å². The number of hydrogen-bond acceptors (Lipinski definition) is 6. The molecular weight excluding hydrogens is 467 g/mol. The maximum absolute atomic E-state index is 13.9. The first-order valence-electron chi connectivity index (χ1n) is 12.7. The first kappa shape index (κ1) is 23.4. The molecule has 2 N–H and O–H groups in total. The molecule has 1 saturated heterocycles. The van der Waals surface area contributed by atoms with Gasteiger partial charge in [0.2, 0.25) is 5.88 Å². The lowest BCUT2D eigenvalue weighted by atomic mass is 10.1. The van der Waals surface area contributed by atoms with Gasteiger partial charge in [0, 0.05) is 18.3 Å². The van der Waals surface area contributed by atoms with Gasteiger partial charge in [0.15, 0.2) is 0 Å². The van der Waals surface area contributed by atoms with Gasteiger partial charge in [0.1, 0.15) is 11.5 Å². The minimum absolute atomic E-state index is 0.0921. The zero-order valence-electron chi connectivity index (χ0n) is 20.7. The fourth-order valence-corrected chi connectivity index (χ4v) is 5.07. The van der Waals surface area contributed by atoms with E-state index in [9.17, 15) is 4.39 Å². The second kappa shape index (κ2) is 10.1. The minimum atomic E-state index is -0.0921. The Morgan fingerprint density at radius 1 is 1.05 bits per heavy atom. The number of para-hydroxylation sites is 2. The molecule has 188 valence electrons. The smallest absolute Gasteiger partial charge is 0.237 e. The molecular formula is C29H29FN6O. The van der Waals surface area contributed by atoms with Crippen molar-refractivity contribution in [2.45, 2.75) is 31.7 Å². The van der Waals surface area contributed by atoms with Gasteiger partial charge in [-0.3, -0.25) is 4.99 Å². The molecule has 1 aromatic heterocycles. The summed E-state index contributed by atoms with van der Waals surface area (Å²) in [5.41, 5.74) is 6.26. The van der Waals surface area contributed by atoms with Crippen molar-refractivity contribution in [3.63, 3.8) is 0 Å². The Labute approximate surface area is 214 Å². The van der Waals surface area contributed by atoms with E-state index < -0.39 is 0 Å². The molecule has 1 aromatic carbocycles. The van der Waals surface area contributed by atoms with Crippen LogP contribution in [0.5, 0.6) is 5.88 Å². The number of halogens is 1. The normalized spacial score (nSPS) is 17.1. The molecule has 0 bridgehead atoms. The molecule has 3 heterocycles. The van der Waals surface area contributed by atoms with Crippen LogP contribution in [0.3, 0.4) is 0 Å². The van der Waals surface area contributed by atoms with E-state index in [1.54, 1.807) is 19.4 Å². The van der Waals surface area contributed by atoms with Crippen LogP contribution in [0.25, 0.3) is 28.1 Å². The van der Waals surface area contributed by atoms with Crippen molar-refractivity contribution in [1.82, 2.24) is 19.9 Å². The lowest BCUT2D eigenvalue weighted by molar-refractivity contribution is 0.400. The third-order valence-electron chi connectivity index (χ3n) is 6.93. The number of nitrogens with one attached hydrogen (secondary N) is 2. The summed E-state index contributed by atoms with van der Waals surface area (Å²) in [6.45, 7) is 1.91. The summed E-state index contributed by atoms with van der Waals surface area (Å²) in [7, 11) is 1.61. The quantitative estimate of drug-likeness (QED) is 0.361. The Kier molecular flexibility index (Phi) is 6.40. The van der Waals surface area contributed by atoms with E-state index in [2.05, 4.69) is 32.3 Å². The molecule has 0 unspecified atom stereocenters. The fourth-order valence-electron chi connectivity index (χ4n) is 5.07. The average Bonchev–Trinajstić information content (AvgIpc) is 2.94. The zero-order chi connectivity index (χ0) is 25.2. The summed E-state index contributed by atoms with van der Waals surface area (Å²) in [6, 6.07) is 16.3. The maximum Gasteiger partial charge on any atom is 0.237 e. The predicted octanol–water partition coefficient (Wildman–Crippen LogP) is 5.43. The number of methoxy groups -OCH3 is 1. The van der Waals surface area contributed by atoms with Crippen molar-refractivity contribution in [2.24, 2.45) is 4.99 Å². The number of aromatic nitrogens is 3. The van der Waals surface area contributed by atoms with Crippen molar-refractivity contribution in [2.75, 3.05) is 25.5 Å². The highest BCUT2D eigenvalue weighted by Gasteiger charge is 2.20. The molecule has 7 nitrogen and oxygen atoms in total. The number of hydrogen-bond donors (Lipinski definition) is 2. The maximum atomic E-state index is 13.9. The van der Waals surface area contributed by atoms with Gasteiger partial charge in [0.05, 0.1) is 46.6 Å². The van der Waals surface area contributed by atoms with Gasteiger partial charge in [-0.15, -0.1) is 0 Å². The summed E-state index contributed by atoms with van der Waals surface area (Å²) in [4.78, 5) is 14.5. The number of fused-ring (bicyclic) bond motifs is 2. The molecule has 2 aromatic rings. The van der Waals surface area contributed by atoms with Crippen LogP contribution in [-0.4, -0.2) is 40.8 Å². The van der Waals surface area contributed by atoms with Crippen LogP contribution in [-0.2, 0) is 0 Å². The molecule has 2 aliphatic heterocycles. The second-order valence-corrected chi connectivity index (χ2v) is 9.36. The predicted molar refractivity (Wildman–Crippen MR) is 145 cm³/mol. The summed E-state index contributed by atoms with van der Waals surface area (Å²) in [5.74, 6) is 0.420. The van der Waals surface area contributed by atoms with E-state index in [4.69, 9.17) is 14.7 Å². The molecule has 4 aliphatic rings. The second-order valence-electron chi connectivity index (χ2n) is 9.36. The number of rotatable bonds is 5. The van der Waals surface area contributed by atoms with Crippen molar-refractivity contribution >= 4 is 28.1 Å². The number of allylic oxidation sites excluding steroid dienone is 4. The van der Waals surface area contributed by atoms with Crippen molar-refractivity contribution in [3.8, 4) is 17.3 Å². The van der Waals surface area contributed by atoms with Crippen LogP contribution in [0.2, 0.25) is 0 Å². The van der Waals surface area contributed by atoms with E-state index in [1.807, 2.05) is 42.5 Å². The standard InChI is InChI=1S/C29H29FN6O/c1-37-29-23(6-4-14-32-29)35-24-17-26-28(18-25(24)33-20-12-15-31-16-13-20)36(21-10-8-19(30)9-11-21)27-7-3-2-5-22(27)34-26/h2-8,10,14,17-18,20,31,35H,9,11-13,15-16H2,1H3. The molecule has 37 heavy (non-hydrogen) atoms. The monoisotopic (exact) mass is 496 g/mol. The van der Waals surface area contributed by atoms with Gasteiger partial charge < -0.3 is 19.9 Å². The lowest BCUT2D eigenvalue weighted by Gasteiger charge is -2.24. The van der Waals surface area contributed by atoms with Crippen LogP contribution in [0.1, 0.15) is 25.7 Å². The molecule has 0 atom stereocenters. The number of anilines is 2. The largest absolute Gasteiger partial charge is 0.480 e. The average molecular weight is 497 g/mol. The van der Waals surface area contributed by atoms with Gasteiger partial charge >= 0.3 is 0 Å². The minimum Gasteiger partial charge on any atom is -0.480 e. The summed E-state index contributed by atoms with van der Waals surface area (Å²) < 4.78 is 21.6. The molecule has 2 aliphatic carbocycles. The fraction of sp³-hybridized carbons (Fsp3) is 0.276. The van der Waals surface area contributed by atoms with Crippen LogP contribution < -0.4 is 20.7 Å². The molecule has 0 radical (unpaired) electrons. The Hall–Kier alpha value is -4.04. The molecule has 0 saturated carbocycles. The number of benzene rings is 2. The SMILES string of the molecule is COc1ncccc1Nc1cc2nc3ccccc3n(C3=CC=C(F)CC3)c-2cc1=NC1CCNCC1. The third kappa shape index (κ3) is 4.72. The zero-order valence-corrected chi connectivity index (χ0v) is 20.7. The van der Waals surface area contributed by atoms with Gasteiger partial charge in [-0.05, 0) is 80.9 Å². The van der Waals surface area contributed by atoms with E-state index in [-0.39, 0.29) is 11.9 Å². The first-order chi connectivity index (χ1) is 18.2. The third-order valence-corrected chi connectivity index (χ3v) is 6.93.